The largest absolute Gasteiger partial charge is 0.390 e. The van der Waals surface area contributed by atoms with E-state index in [1.54, 1.807) is 0 Å². The molecule has 1 heterocycles. The molecule has 114 valence electrons. The Morgan fingerprint density at radius 1 is 0.913 bits per heavy atom. The highest BCUT2D eigenvalue weighted by Crippen LogP contribution is 2.36. The quantitative estimate of drug-likeness (QED) is 0.532. The van der Waals surface area contributed by atoms with Crippen molar-refractivity contribution in [3.63, 3.8) is 0 Å². The summed E-state index contributed by atoms with van der Waals surface area (Å²) in [5, 5.41) is 8.35. The van der Waals surface area contributed by atoms with Crippen LogP contribution in [-0.4, -0.2) is 10.9 Å². The first-order chi connectivity index (χ1) is 11.3. The summed E-state index contributed by atoms with van der Waals surface area (Å²) in [6.07, 6.45) is 0. The number of benzene rings is 2. The van der Waals surface area contributed by atoms with Gasteiger partial charge in [0.05, 0.1) is 11.3 Å². The third kappa shape index (κ3) is 2.23. The third-order valence-electron chi connectivity index (χ3n) is 4.20. The fourth-order valence-corrected chi connectivity index (χ4v) is 2.96. The normalized spacial score (nSPS) is 12.0. The lowest BCUT2D eigenvalue weighted by atomic mass is 10.1. The summed E-state index contributed by atoms with van der Waals surface area (Å²) < 4.78 is 5.15. The van der Waals surface area contributed by atoms with E-state index in [0.717, 1.165) is 33.9 Å². The van der Waals surface area contributed by atoms with Crippen molar-refractivity contribution in [2.75, 3.05) is 0 Å². The molecule has 4 rings (SSSR count). The van der Waals surface area contributed by atoms with Crippen LogP contribution in [0.3, 0.4) is 0 Å². The van der Waals surface area contributed by atoms with E-state index in [2.05, 4.69) is 34.6 Å². The zero-order valence-corrected chi connectivity index (χ0v) is 13.0. The maximum Gasteiger partial charge on any atom is 0.147 e. The van der Waals surface area contributed by atoms with Gasteiger partial charge in [-0.25, -0.2) is 0 Å². The van der Waals surface area contributed by atoms with Gasteiger partial charge in [0.2, 0.25) is 0 Å². The highest BCUT2D eigenvalue weighted by Gasteiger charge is 2.24. The van der Waals surface area contributed by atoms with Gasteiger partial charge in [-0.05, 0) is 25.0 Å². The van der Waals surface area contributed by atoms with Gasteiger partial charge in [0, 0.05) is 11.1 Å². The minimum absolute atomic E-state index is 0.356. The molecule has 4 heteroatoms. The molecule has 1 aromatic heterocycles. The number of aryl methyl sites for hydroxylation is 2. The minimum Gasteiger partial charge on any atom is -0.390 e. The van der Waals surface area contributed by atoms with E-state index in [4.69, 9.17) is 9.36 Å². The number of oxime groups is 1. The van der Waals surface area contributed by atoms with Crippen molar-refractivity contribution < 1.29 is 9.36 Å². The smallest absolute Gasteiger partial charge is 0.147 e. The van der Waals surface area contributed by atoms with Gasteiger partial charge in [0.1, 0.15) is 18.1 Å². The Hall–Kier alpha value is -2.88. The molecule has 0 amide bonds. The van der Waals surface area contributed by atoms with Gasteiger partial charge in [-0.1, -0.05) is 58.8 Å². The highest BCUT2D eigenvalue weighted by molar-refractivity contribution is 6.24. The lowest BCUT2D eigenvalue weighted by Gasteiger charge is -2.03. The molecule has 0 radical (unpaired) electrons. The van der Waals surface area contributed by atoms with E-state index in [0.29, 0.717) is 6.61 Å². The molecule has 0 N–H and O–H groups in total. The summed E-state index contributed by atoms with van der Waals surface area (Å²) in [6.45, 7) is 4.14. The van der Waals surface area contributed by atoms with Gasteiger partial charge >= 0.3 is 0 Å². The molecule has 0 aliphatic heterocycles. The molecule has 2 aromatic carbocycles. The lowest BCUT2D eigenvalue weighted by molar-refractivity contribution is 0.129. The summed E-state index contributed by atoms with van der Waals surface area (Å²) in [7, 11) is 0. The summed E-state index contributed by atoms with van der Waals surface area (Å²) in [4.78, 5) is 5.63. The Bertz CT molecular complexity index is 842. The standard InChI is InChI=1S/C19H16N2O2/c1-12-18(13(2)23-20-12)11-22-21-19-16-9-5-3-7-14(16)15-8-4-6-10-17(15)19/h3-10H,11H2,1-2H3. The van der Waals surface area contributed by atoms with Gasteiger partial charge in [-0.3, -0.25) is 0 Å². The lowest BCUT2D eigenvalue weighted by Crippen LogP contribution is -2.00. The second kappa shape index (κ2) is 5.39. The number of fused-ring (bicyclic) bond motifs is 3. The molecule has 0 bridgehead atoms. The molecule has 1 aliphatic rings. The molecular formula is C19H16N2O2. The first kappa shape index (κ1) is 13.8. The third-order valence-corrected chi connectivity index (χ3v) is 4.20. The van der Waals surface area contributed by atoms with Crippen LogP contribution in [0.15, 0.2) is 58.2 Å². The van der Waals surface area contributed by atoms with Crippen LogP contribution in [0.25, 0.3) is 11.1 Å². The van der Waals surface area contributed by atoms with E-state index in [-0.39, 0.29) is 0 Å². The molecule has 1 aliphatic carbocycles. The van der Waals surface area contributed by atoms with E-state index in [9.17, 15) is 0 Å². The topological polar surface area (TPSA) is 47.6 Å². The second-order valence-corrected chi connectivity index (χ2v) is 5.61. The molecule has 23 heavy (non-hydrogen) atoms. The fraction of sp³-hybridized carbons (Fsp3) is 0.158. The van der Waals surface area contributed by atoms with Gasteiger partial charge in [-0.2, -0.15) is 0 Å². The predicted octanol–water partition coefficient (Wildman–Crippen LogP) is 4.24. The molecular weight excluding hydrogens is 288 g/mol. The van der Waals surface area contributed by atoms with Crippen molar-refractivity contribution in [1.29, 1.82) is 0 Å². The van der Waals surface area contributed by atoms with Crippen molar-refractivity contribution in [3.05, 3.63) is 76.7 Å². The first-order valence-corrected chi connectivity index (χ1v) is 7.56. The number of aromatic nitrogens is 1. The van der Waals surface area contributed by atoms with Gasteiger partial charge in [-0.15, -0.1) is 0 Å². The highest BCUT2D eigenvalue weighted by atomic mass is 16.6. The molecule has 0 fully saturated rings. The second-order valence-electron chi connectivity index (χ2n) is 5.61. The maximum atomic E-state index is 5.63. The van der Waals surface area contributed by atoms with Crippen molar-refractivity contribution in [1.82, 2.24) is 5.16 Å². The SMILES string of the molecule is Cc1noc(C)c1CON=C1c2ccccc2-c2ccccc21. The zero-order valence-electron chi connectivity index (χ0n) is 13.0. The van der Waals surface area contributed by atoms with Crippen LogP contribution in [0.1, 0.15) is 28.1 Å². The number of hydrogen-bond acceptors (Lipinski definition) is 4. The minimum atomic E-state index is 0.356. The van der Waals surface area contributed by atoms with Crippen molar-refractivity contribution in [2.24, 2.45) is 5.16 Å². The van der Waals surface area contributed by atoms with Gasteiger partial charge in [0.15, 0.2) is 0 Å². The van der Waals surface area contributed by atoms with Crippen LogP contribution in [0.4, 0.5) is 0 Å². The Kier molecular flexibility index (Phi) is 3.23. The predicted molar refractivity (Wildman–Crippen MR) is 88.3 cm³/mol. The number of nitrogens with zero attached hydrogens (tertiary/aromatic N) is 2. The molecule has 3 aromatic rings. The molecule has 0 saturated heterocycles. The number of hydrogen-bond donors (Lipinski definition) is 0. The van der Waals surface area contributed by atoms with Crippen LogP contribution >= 0.6 is 0 Å². The average Bonchev–Trinajstić information content (AvgIpc) is 3.07. The van der Waals surface area contributed by atoms with Crippen molar-refractivity contribution >= 4 is 5.71 Å². The summed E-state index contributed by atoms with van der Waals surface area (Å²) in [5.74, 6) is 0.773. The van der Waals surface area contributed by atoms with Gasteiger partial charge in [0.25, 0.3) is 0 Å². The van der Waals surface area contributed by atoms with E-state index < -0.39 is 0 Å². The first-order valence-electron chi connectivity index (χ1n) is 7.56. The summed E-state index contributed by atoms with van der Waals surface area (Å²) in [5.41, 5.74) is 7.28. The summed E-state index contributed by atoms with van der Waals surface area (Å²) in [6, 6.07) is 16.5. The van der Waals surface area contributed by atoms with Crippen molar-refractivity contribution in [3.8, 4) is 11.1 Å². The van der Waals surface area contributed by atoms with E-state index in [1.807, 2.05) is 38.1 Å². The van der Waals surface area contributed by atoms with E-state index >= 15 is 0 Å². The Morgan fingerprint density at radius 2 is 1.48 bits per heavy atom. The Labute approximate surface area is 134 Å². The monoisotopic (exact) mass is 304 g/mol. The van der Waals surface area contributed by atoms with Gasteiger partial charge < -0.3 is 9.36 Å². The Morgan fingerprint density at radius 3 is 2.00 bits per heavy atom. The maximum absolute atomic E-state index is 5.63. The van der Waals surface area contributed by atoms with Crippen LogP contribution in [0, 0.1) is 13.8 Å². The van der Waals surface area contributed by atoms with Crippen LogP contribution < -0.4 is 0 Å². The number of rotatable bonds is 3. The van der Waals surface area contributed by atoms with Crippen molar-refractivity contribution in [2.45, 2.75) is 20.5 Å². The summed E-state index contributed by atoms with van der Waals surface area (Å²) >= 11 is 0. The molecule has 0 unspecified atom stereocenters. The van der Waals surface area contributed by atoms with E-state index in [1.165, 1.54) is 11.1 Å². The Balaban J connectivity index is 1.69. The van der Waals surface area contributed by atoms with Crippen LogP contribution in [-0.2, 0) is 11.4 Å². The fourth-order valence-electron chi connectivity index (χ4n) is 2.96. The zero-order chi connectivity index (χ0) is 15.8. The average molecular weight is 304 g/mol. The molecule has 0 atom stereocenters. The van der Waals surface area contributed by atoms with Crippen LogP contribution in [0.5, 0.6) is 0 Å². The molecule has 0 spiro atoms. The van der Waals surface area contributed by atoms with Crippen LogP contribution in [0.2, 0.25) is 0 Å². The molecule has 4 nitrogen and oxygen atoms in total. The molecule has 0 saturated carbocycles.